The lowest BCUT2D eigenvalue weighted by Crippen LogP contribution is -2.43. The van der Waals surface area contributed by atoms with Gasteiger partial charge >= 0.3 is 0 Å². The second kappa shape index (κ2) is 7.61. The van der Waals surface area contributed by atoms with Crippen molar-refractivity contribution in [3.05, 3.63) is 18.2 Å². The molecule has 7 nitrogen and oxygen atoms in total. The summed E-state index contributed by atoms with van der Waals surface area (Å²) in [6.07, 6.45) is 3.08. The van der Waals surface area contributed by atoms with Crippen LogP contribution in [0, 0.1) is 5.92 Å². The van der Waals surface area contributed by atoms with Gasteiger partial charge in [0.2, 0.25) is 22.7 Å². The molecule has 8 heteroatoms. The van der Waals surface area contributed by atoms with Crippen LogP contribution in [0.15, 0.2) is 23.1 Å². The summed E-state index contributed by atoms with van der Waals surface area (Å²) >= 11 is 0. The number of piperidine rings is 1. The second-order valence-electron chi connectivity index (χ2n) is 6.34. The maximum absolute atomic E-state index is 12.8. The number of hydrogen-bond acceptors (Lipinski definition) is 5. The van der Waals surface area contributed by atoms with Gasteiger partial charge in [0.05, 0.1) is 4.90 Å². The Morgan fingerprint density at radius 2 is 1.96 bits per heavy atom. The van der Waals surface area contributed by atoms with Crippen LogP contribution >= 0.6 is 0 Å². The molecule has 25 heavy (non-hydrogen) atoms. The highest BCUT2D eigenvalue weighted by Crippen LogP contribution is 2.35. The fourth-order valence-corrected chi connectivity index (χ4v) is 4.56. The van der Waals surface area contributed by atoms with Crippen LogP contribution in [0.3, 0.4) is 0 Å². The van der Waals surface area contributed by atoms with Gasteiger partial charge in [-0.3, -0.25) is 4.79 Å². The van der Waals surface area contributed by atoms with Gasteiger partial charge in [-0.1, -0.05) is 13.3 Å². The molecular weight excluding hydrogens is 344 g/mol. The number of nitrogens with one attached hydrogen (secondary N) is 1. The van der Waals surface area contributed by atoms with E-state index in [9.17, 15) is 13.2 Å². The molecule has 1 saturated heterocycles. The van der Waals surface area contributed by atoms with Gasteiger partial charge in [0.25, 0.3) is 0 Å². The lowest BCUT2D eigenvalue weighted by molar-refractivity contribution is -0.126. The number of unbranched alkanes of at least 4 members (excludes halogenated alkanes) is 1. The highest BCUT2D eigenvalue weighted by Gasteiger charge is 2.32. The van der Waals surface area contributed by atoms with E-state index >= 15 is 0 Å². The first kappa shape index (κ1) is 18.0. The van der Waals surface area contributed by atoms with Gasteiger partial charge in [-0.25, -0.2) is 8.42 Å². The minimum atomic E-state index is -3.59. The molecule has 0 atom stereocenters. The van der Waals surface area contributed by atoms with Crippen molar-refractivity contribution in [3.63, 3.8) is 0 Å². The van der Waals surface area contributed by atoms with Gasteiger partial charge < -0.3 is 14.8 Å². The first-order valence-corrected chi connectivity index (χ1v) is 10.1. The van der Waals surface area contributed by atoms with E-state index in [1.165, 1.54) is 16.4 Å². The van der Waals surface area contributed by atoms with Gasteiger partial charge in [0, 0.05) is 31.6 Å². The van der Waals surface area contributed by atoms with Crippen molar-refractivity contribution in [2.45, 2.75) is 37.5 Å². The van der Waals surface area contributed by atoms with Gasteiger partial charge in [-0.15, -0.1) is 0 Å². The Morgan fingerprint density at radius 1 is 1.24 bits per heavy atom. The molecule has 1 aromatic carbocycles. The molecule has 1 N–H and O–H groups in total. The second-order valence-corrected chi connectivity index (χ2v) is 8.28. The van der Waals surface area contributed by atoms with E-state index in [4.69, 9.17) is 9.47 Å². The minimum Gasteiger partial charge on any atom is -0.454 e. The lowest BCUT2D eigenvalue weighted by Gasteiger charge is -2.30. The standard InChI is InChI=1S/C17H24N2O5S/c1-2-3-8-18-17(20)13-6-9-19(10-7-13)25(21,22)14-4-5-15-16(11-14)24-12-23-15/h4-5,11,13H,2-3,6-10,12H2,1H3,(H,18,20). The topological polar surface area (TPSA) is 84.9 Å². The van der Waals surface area contributed by atoms with Crippen LogP contribution in [0.5, 0.6) is 11.5 Å². The third-order valence-corrected chi connectivity index (χ3v) is 6.53. The van der Waals surface area contributed by atoms with Gasteiger partial charge in [0.1, 0.15) is 0 Å². The molecule has 0 bridgehead atoms. The summed E-state index contributed by atoms with van der Waals surface area (Å²) in [4.78, 5) is 12.3. The number of sulfonamides is 1. The molecule has 0 saturated carbocycles. The number of carbonyl (C=O) groups is 1. The van der Waals surface area contributed by atoms with E-state index in [1.807, 2.05) is 0 Å². The predicted molar refractivity (Wildman–Crippen MR) is 92.0 cm³/mol. The zero-order valence-corrected chi connectivity index (χ0v) is 15.2. The van der Waals surface area contributed by atoms with Crippen LogP contribution in [-0.2, 0) is 14.8 Å². The number of carbonyl (C=O) groups excluding carboxylic acids is 1. The van der Waals surface area contributed by atoms with E-state index in [1.54, 1.807) is 6.07 Å². The van der Waals surface area contributed by atoms with Crippen LogP contribution in [0.2, 0.25) is 0 Å². The number of rotatable bonds is 6. The maximum atomic E-state index is 12.8. The van der Waals surface area contributed by atoms with E-state index in [-0.39, 0.29) is 23.5 Å². The molecule has 3 rings (SSSR count). The Bertz CT molecular complexity index is 727. The third kappa shape index (κ3) is 3.90. The van der Waals surface area contributed by atoms with Gasteiger partial charge in [-0.2, -0.15) is 4.31 Å². The van der Waals surface area contributed by atoms with Crippen molar-refractivity contribution in [1.29, 1.82) is 0 Å². The zero-order valence-electron chi connectivity index (χ0n) is 14.4. The Kier molecular flexibility index (Phi) is 5.48. The maximum Gasteiger partial charge on any atom is 0.243 e. The Labute approximate surface area is 148 Å². The summed E-state index contributed by atoms with van der Waals surface area (Å²) in [7, 11) is -3.59. The smallest absolute Gasteiger partial charge is 0.243 e. The molecule has 138 valence electrons. The summed E-state index contributed by atoms with van der Waals surface area (Å²) in [5, 5.41) is 2.93. The molecule has 0 unspecified atom stereocenters. The Morgan fingerprint density at radius 3 is 2.68 bits per heavy atom. The molecule has 1 amide bonds. The van der Waals surface area contributed by atoms with Crippen molar-refractivity contribution >= 4 is 15.9 Å². The van der Waals surface area contributed by atoms with Crippen molar-refractivity contribution in [2.24, 2.45) is 5.92 Å². The molecule has 0 radical (unpaired) electrons. The summed E-state index contributed by atoms with van der Waals surface area (Å²) < 4.78 is 37.5. The Hall–Kier alpha value is -1.80. The minimum absolute atomic E-state index is 0.0357. The number of hydrogen-bond donors (Lipinski definition) is 1. The predicted octanol–water partition coefficient (Wildman–Crippen LogP) is 1.73. The molecule has 2 aliphatic rings. The molecule has 0 aromatic heterocycles. The quantitative estimate of drug-likeness (QED) is 0.773. The molecule has 1 fully saturated rings. The average molecular weight is 368 g/mol. The summed E-state index contributed by atoms with van der Waals surface area (Å²) in [5.74, 6) is 0.932. The molecule has 2 aliphatic heterocycles. The summed E-state index contributed by atoms with van der Waals surface area (Å²) in [5.41, 5.74) is 0. The number of benzene rings is 1. The summed E-state index contributed by atoms with van der Waals surface area (Å²) in [6.45, 7) is 3.57. The van der Waals surface area contributed by atoms with E-state index in [0.717, 1.165) is 12.8 Å². The van der Waals surface area contributed by atoms with Crippen molar-refractivity contribution in [2.75, 3.05) is 26.4 Å². The highest BCUT2D eigenvalue weighted by molar-refractivity contribution is 7.89. The SMILES string of the molecule is CCCCNC(=O)C1CCN(S(=O)(=O)c2ccc3c(c2)OCO3)CC1. The normalized spacial score (nSPS) is 18.3. The zero-order chi connectivity index (χ0) is 17.9. The number of amides is 1. The van der Waals surface area contributed by atoms with Crippen molar-refractivity contribution < 1.29 is 22.7 Å². The fourth-order valence-electron chi connectivity index (χ4n) is 3.08. The van der Waals surface area contributed by atoms with E-state index < -0.39 is 10.0 Å². The molecular formula is C17H24N2O5S. The third-order valence-electron chi connectivity index (χ3n) is 4.64. The Balaban J connectivity index is 1.61. The van der Waals surface area contributed by atoms with E-state index in [2.05, 4.69) is 12.2 Å². The average Bonchev–Trinajstić information content (AvgIpc) is 3.09. The van der Waals surface area contributed by atoms with Crippen molar-refractivity contribution in [3.8, 4) is 11.5 Å². The first-order valence-electron chi connectivity index (χ1n) is 8.70. The van der Waals surface area contributed by atoms with Gasteiger partial charge in [0.15, 0.2) is 11.5 Å². The van der Waals surface area contributed by atoms with Crippen LogP contribution in [0.4, 0.5) is 0 Å². The van der Waals surface area contributed by atoms with Gasteiger partial charge in [-0.05, 0) is 31.4 Å². The molecule has 0 aliphatic carbocycles. The highest BCUT2D eigenvalue weighted by atomic mass is 32.2. The molecule has 2 heterocycles. The van der Waals surface area contributed by atoms with Crippen LogP contribution < -0.4 is 14.8 Å². The van der Waals surface area contributed by atoms with Crippen LogP contribution in [-0.4, -0.2) is 45.1 Å². The van der Waals surface area contributed by atoms with Crippen molar-refractivity contribution in [1.82, 2.24) is 9.62 Å². The van der Waals surface area contributed by atoms with E-state index in [0.29, 0.717) is 44.0 Å². The number of ether oxygens (including phenoxy) is 2. The largest absolute Gasteiger partial charge is 0.454 e. The fraction of sp³-hybridized carbons (Fsp3) is 0.588. The monoisotopic (exact) mass is 368 g/mol. The molecule has 0 spiro atoms. The van der Waals surface area contributed by atoms with Crippen LogP contribution in [0.1, 0.15) is 32.6 Å². The number of nitrogens with zero attached hydrogens (tertiary/aromatic N) is 1. The number of fused-ring (bicyclic) bond motifs is 1. The lowest BCUT2D eigenvalue weighted by atomic mass is 9.97. The summed E-state index contributed by atoms with van der Waals surface area (Å²) in [6, 6.07) is 4.65. The first-order chi connectivity index (χ1) is 12.0. The molecule has 1 aromatic rings. The van der Waals surface area contributed by atoms with Crippen LogP contribution in [0.25, 0.3) is 0 Å².